The van der Waals surface area contributed by atoms with Crippen LogP contribution in [0.2, 0.25) is 0 Å². The Morgan fingerprint density at radius 2 is 2.25 bits per heavy atom. The molecule has 20 heavy (non-hydrogen) atoms. The average molecular weight is 281 g/mol. The van der Waals surface area contributed by atoms with Crippen LogP contribution in [0.15, 0.2) is 10.7 Å². The molecule has 0 saturated carbocycles. The van der Waals surface area contributed by atoms with E-state index in [9.17, 15) is 4.79 Å². The molecule has 1 atom stereocenters. The Morgan fingerprint density at radius 3 is 2.95 bits per heavy atom. The molecule has 1 aliphatic rings. The molecule has 0 amide bonds. The summed E-state index contributed by atoms with van der Waals surface area (Å²) in [7, 11) is 0. The first-order chi connectivity index (χ1) is 9.70. The Morgan fingerprint density at radius 1 is 1.50 bits per heavy atom. The molecular weight excluding hydrogens is 258 g/mol. The Kier molecular flexibility index (Phi) is 5.40. The quantitative estimate of drug-likeness (QED) is 0.806. The lowest BCUT2D eigenvalue weighted by atomic mass is 10.1. The number of nitrogens with zero attached hydrogens (tertiary/aromatic N) is 2. The zero-order valence-corrected chi connectivity index (χ0v) is 12.2. The molecule has 1 aliphatic heterocycles. The highest BCUT2D eigenvalue weighted by molar-refractivity contribution is 5.87. The van der Waals surface area contributed by atoms with Gasteiger partial charge in [-0.3, -0.25) is 4.90 Å². The van der Waals surface area contributed by atoms with Crippen molar-refractivity contribution in [2.75, 3.05) is 31.6 Å². The van der Waals surface area contributed by atoms with E-state index >= 15 is 0 Å². The number of likely N-dealkylation sites (tertiary alicyclic amines) is 1. The molecule has 1 aromatic heterocycles. The molecule has 1 unspecified atom stereocenters. The van der Waals surface area contributed by atoms with Gasteiger partial charge in [0.1, 0.15) is 6.26 Å². The third kappa shape index (κ3) is 3.96. The van der Waals surface area contributed by atoms with Crippen molar-refractivity contribution in [2.24, 2.45) is 0 Å². The SMILES string of the molecule is CCOC(=O)c1coc(NCC(C)N2CCCCC2)n1. The van der Waals surface area contributed by atoms with Crippen LogP contribution in [-0.4, -0.2) is 48.1 Å². The Bertz CT molecular complexity index is 427. The highest BCUT2D eigenvalue weighted by atomic mass is 16.5. The van der Waals surface area contributed by atoms with Crippen LogP contribution in [0.3, 0.4) is 0 Å². The smallest absolute Gasteiger partial charge is 0.360 e. The van der Waals surface area contributed by atoms with Crippen molar-refractivity contribution in [3.63, 3.8) is 0 Å². The van der Waals surface area contributed by atoms with Crippen molar-refractivity contribution < 1.29 is 13.9 Å². The van der Waals surface area contributed by atoms with Crippen LogP contribution < -0.4 is 5.32 Å². The topological polar surface area (TPSA) is 67.6 Å². The summed E-state index contributed by atoms with van der Waals surface area (Å²) < 4.78 is 10.1. The van der Waals surface area contributed by atoms with Crippen molar-refractivity contribution in [2.45, 2.75) is 39.2 Å². The second-order valence-corrected chi connectivity index (χ2v) is 5.08. The van der Waals surface area contributed by atoms with Gasteiger partial charge < -0.3 is 14.5 Å². The van der Waals surface area contributed by atoms with Gasteiger partial charge in [0, 0.05) is 12.6 Å². The highest BCUT2D eigenvalue weighted by Crippen LogP contribution is 2.13. The summed E-state index contributed by atoms with van der Waals surface area (Å²) in [4.78, 5) is 18.0. The third-order valence-electron chi connectivity index (χ3n) is 3.55. The Labute approximate surface area is 119 Å². The first-order valence-corrected chi connectivity index (χ1v) is 7.31. The number of esters is 1. The summed E-state index contributed by atoms with van der Waals surface area (Å²) in [6.07, 6.45) is 5.21. The van der Waals surface area contributed by atoms with E-state index in [0.717, 1.165) is 19.6 Å². The van der Waals surface area contributed by atoms with Gasteiger partial charge in [-0.2, -0.15) is 4.98 Å². The molecule has 1 N–H and O–H groups in total. The van der Waals surface area contributed by atoms with Crippen molar-refractivity contribution in [1.82, 2.24) is 9.88 Å². The van der Waals surface area contributed by atoms with E-state index in [2.05, 4.69) is 22.1 Å². The lowest BCUT2D eigenvalue weighted by molar-refractivity contribution is 0.0519. The van der Waals surface area contributed by atoms with E-state index in [1.165, 1.54) is 25.5 Å². The van der Waals surface area contributed by atoms with E-state index in [1.54, 1.807) is 6.92 Å². The maximum absolute atomic E-state index is 11.5. The highest BCUT2D eigenvalue weighted by Gasteiger charge is 2.18. The standard InChI is InChI=1S/C14H23N3O3/c1-3-19-13(18)12-10-20-14(16-12)15-9-11(2)17-7-5-4-6-8-17/h10-11H,3-9H2,1-2H3,(H,15,16). The Hall–Kier alpha value is -1.56. The predicted molar refractivity (Wildman–Crippen MR) is 75.8 cm³/mol. The van der Waals surface area contributed by atoms with Gasteiger partial charge in [0.2, 0.25) is 0 Å². The first kappa shape index (κ1) is 14.8. The van der Waals surface area contributed by atoms with Crippen LogP contribution in [0, 0.1) is 0 Å². The molecule has 1 aromatic rings. The lowest BCUT2D eigenvalue weighted by Gasteiger charge is -2.32. The van der Waals surface area contributed by atoms with Gasteiger partial charge in [-0.15, -0.1) is 0 Å². The second-order valence-electron chi connectivity index (χ2n) is 5.08. The molecule has 112 valence electrons. The van der Waals surface area contributed by atoms with E-state index in [4.69, 9.17) is 9.15 Å². The molecule has 6 heteroatoms. The number of carbonyl (C=O) groups excluding carboxylic acids is 1. The molecule has 6 nitrogen and oxygen atoms in total. The number of ether oxygens (including phenoxy) is 1. The van der Waals surface area contributed by atoms with Crippen LogP contribution in [0.25, 0.3) is 0 Å². The van der Waals surface area contributed by atoms with Gasteiger partial charge >= 0.3 is 5.97 Å². The summed E-state index contributed by atoms with van der Waals surface area (Å²) in [5.41, 5.74) is 0.208. The molecule has 0 spiro atoms. The summed E-state index contributed by atoms with van der Waals surface area (Å²) in [6.45, 7) is 7.35. The van der Waals surface area contributed by atoms with Crippen LogP contribution in [0.4, 0.5) is 6.01 Å². The first-order valence-electron chi connectivity index (χ1n) is 7.31. The number of piperidine rings is 1. The fraction of sp³-hybridized carbons (Fsp3) is 0.714. The van der Waals surface area contributed by atoms with Gasteiger partial charge in [-0.1, -0.05) is 6.42 Å². The van der Waals surface area contributed by atoms with E-state index in [-0.39, 0.29) is 5.69 Å². The number of aromatic nitrogens is 1. The van der Waals surface area contributed by atoms with E-state index < -0.39 is 5.97 Å². The number of hydrogen-bond donors (Lipinski definition) is 1. The normalized spacial score (nSPS) is 17.7. The van der Waals surface area contributed by atoms with E-state index in [0.29, 0.717) is 18.7 Å². The number of nitrogens with one attached hydrogen (secondary N) is 1. The average Bonchev–Trinajstić information content (AvgIpc) is 2.95. The van der Waals surface area contributed by atoms with Crippen LogP contribution in [0.5, 0.6) is 0 Å². The van der Waals surface area contributed by atoms with Gasteiger partial charge in [0.05, 0.1) is 6.61 Å². The Balaban J connectivity index is 1.80. The van der Waals surface area contributed by atoms with Crippen molar-refractivity contribution in [3.05, 3.63) is 12.0 Å². The van der Waals surface area contributed by atoms with Gasteiger partial charge in [0.25, 0.3) is 6.01 Å². The molecule has 0 aliphatic carbocycles. The van der Waals surface area contributed by atoms with Crippen molar-refractivity contribution >= 4 is 12.0 Å². The van der Waals surface area contributed by atoms with Crippen LogP contribution in [0.1, 0.15) is 43.6 Å². The largest absolute Gasteiger partial charge is 0.461 e. The third-order valence-corrected chi connectivity index (χ3v) is 3.55. The van der Waals surface area contributed by atoms with Gasteiger partial charge in [0.15, 0.2) is 5.69 Å². The summed E-state index contributed by atoms with van der Waals surface area (Å²) in [5.74, 6) is -0.451. The zero-order chi connectivity index (χ0) is 14.4. The lowest BCUT2D eigenvalue weighted by Crippen LogP contribution is -2.41. The summed E-state index contributed by atoms with van der Waals surface area (Å²) in [6, 6.07) is 0.796. The molecule has 2 heterocycles. The number of rotatable bonds is 6. The molecule has 0 bridgehead atoms. The van der Waals surface area contributed by atoms with E-state index in [1.807, 2.05) is 0 Å². The predicted octanol–water partition coefficient (Wildman–Crippen LogP) is 2.14. The summed E-state index contributed by atoms with van der Waals surface area (Å²) in [5, 5.41) is 3.13. The van der Waals surface area contributed by atoms with Crippen LogP contribution in [-0.2, 0) is 4.74 Å². The molecular formula is C14H23N3O3. The monoisotopic (exact) mass is 281 g/mol. The number of anilines is 1. The van der Waals surface area contributed by atoms with Gasteiger partial charge in [-0.25, -0.2) is 4.79 Å². The summed E-state index contributed by atoms with van der Waals surface area (Å²) >= 11 is 0. The molecule has 0 aromatic carbocycles. The molecule has 1 fully saturated rings. The van der Waals surface area contributed by atoms with Gasteiger partial charge in [-0.05, 0) is 39.8 Å². The number of hydrogen-bond acceptors (Lipinski definition) is 6. The minimum Gasteiger partial charge on any atom is -0.461 e. The van der Waals surface area contributed by atoms with Crippen LogP contribution >= 0.6 is 0 Å². The molecule has 0 radical (unpaired) electrons. The second kappa shape index (κ2) is 7.28. The maximum atomic E-state index is 11.5. The minimum atomic E-state index is -0.451. The van der Waals surface area contributed by atoms with Crippen molar-refractivity contribution in [3.8, 4) is 0 Å². The molecule has 2 rings (SSSR count). The fourth-order valence-electron chi connectivity index (χ4n) is 2.38. The van der Waals surface area contributed by atoms with Crippen molar-refractivity contribution in [1.29, 1.82) is 0 Å². The zero-order valence-electron chi connectivity index (χ0n) is 12.2. The fourth-order valence-corrected chi connectivity index (χ4v) is 2.38. The maximum Gasteiger partial charge on any atom is 0.360 e. The number of carbonyl (C=O) groups is 1. The minimum absolute atomic E-state index is 0.208. The molecule has 1 saturated heterocycles. The number of oxazole rings is 1.